The fourth-order valence-electron chi connectivity index (χ4n) is 1.81. The molecule has 0 amide bonds. The normalized spacial score (nSPS) is 14.9. The van der Waals surface area contributed by atoms with Crippen molar-refractivity contribution in [3.63, 3.8) is 0 Å². The molecule has 0 aliphatic heterocycles. The van der Waals surface area contributed by atoms with E-state index in [1.54, 1.807) is 11.3 Å². The summed E-state index contributed by atoms with van der Waals surface area (Å²) in [5.41, 5.74) is 6.70. The Bertz CT molecular complexity index is 521. The molecular formula is C13H17NOS2. The monoisotopic (exact) mass is 267 g/mol. The van der Waals surface area contributed by atoms with Crippen molar-refractivity contribution in [3.05, 3.63) is 35.2 Å². The number of hydrogen-bond acceptors (Lipinski definition) is 3. The van der Waals surface area contributed by atoms with Gasteiger partial charge in [0.05, 0.1) is 5.75 Å². The molecule has 2 rings (SSSR count). The molecule has 0 aliphatic carbocycles. The van der Waals surface area contributed by atoms with E-state index in [-0.39, 0.29) is 5.25 Å². The van der Waals surface area contributed by atoms with Crippen LogP contribution in [0.5, 0.6) is 0 Å². The molecule has 2 unspecified atom stereocenters. The molecule has 0 saturated heterocycles. The third kappa shape index (κ3) is 2.94. The van der Waals surface area contributed by atoms with Crippen LogP contribution in [-0.4, -0.2) is 16.0 Å². The third-order valence-corrected chi connectivity index (χ3v) is 5.62. The molecule has 4 heteroatoms. The van der Waals surface area contributed by atoms with Gasteiger partial charge in [-0.15, -0.1) is 11.3 Å². The van der Waals surface area contributed by atoms with E-state index in [9.17, 15) is 4.21 Å². The van der Waals surface area contributed by atoms with Gasteiger partial charge < -0.3 is 5.73 Å². The highest BCUT2D eigenvalue weighted by Crippen LogP contribution is 2.27. The van der Waals surface area contributed by atoms with Crippen LogP contribution in [0, 0.1) is 0 Å². The van der Waals surface area contributed by atoms with Gasteiger partial charge in [0.15, 0.2) is 0 Å². The lowest BCUT2D eigenvalue weighted by Gasteiger charge is -2.09. The maximum Gasteiger partial charge on any atom is 0.0502 e. The van der Waals surface area contributed by atoms with Crippen molar-refractivity contribution in [2.45, 2.75) is 24.3 Å². The molecule has 92 valence electrons. The SMILES string of the molecule is CC(CCN)S(=O)Cc1csc2ccccc12. The summed E-state index contributed by atoms with van der Waals surface area (Å²) in [6.45, 7) is 2.62. The Morgan fingerprint density at radius 3 is 2.94 bits per heavy atom. The standard InChI is InChI=1S/C13H17NOS2/c1-10(6-7-14)17(15)9-11-8-16-13-5-3-2-4-12(11)13/h2-5,8,10H,6-7,9,14H2,1H3. The molecule has 0 saturated carbocycles. The smallest absolute Gasteiger partial charge is 0.0502 e. The molecule has 17 heavy (non-hydrogen) atoms. The first kappa shape index (κ1) is 12.7. The molecule has 1 heterocycles. The van der Waals surface area contributed by atoms with Gasteiger partial charge in [0.2, 0.25) is 0 Å². The fraction of sp³-hybridized carbons (Fsp3) is 0.385. The van der Waals surface area contributed by atoms with Gasteiger partial charge in [-0.2, -0.15) is 0 Å². The van der Waals surface area contributed by atoms with E-state index < -0.39 is 10.8 Å². The van der Waals surface area contributed by atoms with Crippen LogP contribution in [0.3, 0.4) is 0 Å². The molecule has 0 radical (unpaired) electrons. The Morgan fingerprint density at radius 2 is 2.18 bits per heavy atom. The topological polar surface area (TPSA) is 43.1 Å². The van der Waals surface area contributed by atoms with Crippen LogP contribution in [0.25, 0.3) is 10.1 Å². The predicted octanol–water partition coefficient (Wildman–Crippen LogP) is 2.89. The van der Waals surface area contributed by atoms with Crippen LogP contribution in [0.4, 0.5) is 0 Å². The van der Waals surface area contributed by atoms with Gasteiger partial charge in [0, 0.05) is 20.7 Å². The van der Waals surface area contributed by atoms with Crippen molar-refractivity contribution < 1.29 is 4.21 Å². The lowest BCUT2D eigenvalue weighted by atomic mass is 10.2. The van der Waals surface area contributed by atoms with Gasteiger partial charge in [-0.1, -0.05) is 25.1 Å². The number of fused-ring (bicyclic) bond motifs is 1. The molecule has 2 N–H and O–H groups in total. The Hall–Kier alpha value is -0.710. The molecule has 2 atom stereocenters. The second-order valence-electron chi connectivity index (χ2n) is 4.17. The molecular weight excluding hydrogens is 250 g/mol. The van der Waals surface area contributed by atoms with E-state index in [0.29, 0.717) is 12.3 Å². The summed E-state index contributed by atoms with van der Waals surface area (Å²) >= 11 is 1.72. The molecule has 0 bridgehead atoms. The van der Waals surface area contributed by atoms with Crippen molar-refractivity contribution >= 4 is 32.2 Å². The van der Waals surface area contributed by atoms with Crippen molar-refractivity contribution in [2.75, 3.05) is 6.54 Å². The van der Waals surface area contributed by atoms with Crippen molar-refractivity contribution in [1.82, 2.24) is 0 Å². The van der Waals surface area contributed by atoms with Crippen LogP contribution < -0.4 is 5.73 Å². The van der Waals surface area contributed by atoms with Crippen molar-refractivity contribution in [1.29, 1.82) is 0 Å². The lowest BCUT2D eigenvalue weighted by Crippen LogP contribution is -2.17. The highest BCUT2D eigenvalue weighted by atomic mass is 32.2. The van der Waals surface area contributed by atoms with Crippen molar-refractivity contribution in [2.24, 2.45) is 5.73 Å². The Morgan fingerprint density at radius 1 is 1.41 bits per heavy atom. The Kier molecular flexibility index (Phi) is 4.31. The summed E-state index contributed by atoms with van der Waals surface area (Å²) in [5.74, 6) is 0.644. The molecule has 2 nitrogen and oxygen atoms in total. The summed E-state index contributed by atoms with van der Waals surface area (Å²) in [7, 11) is -0.823. The maximum absolute atomic E-state index is 12.1. The summed E-state index contributed by atoms with van der Waals surface area (Å²) in [5, 5.41) is 3.54. The minimum absolute atomic E-state index is 0.179. The Balaban J connectivity index is 2.16. The summed E-state index contributed by atoms with van der Waals surface area (Å²) in [6.07, 6.45) is 0.828. The highest BCUT2D eigenvalue weighted by molar-refractivity contribution is 7.84. The zero-order valence-electron chi connectivity index (χ0n) is 9.89. The first-order chi connectivity index (χ1) is 8.22. The first-order valence-corrected chi connectivity index (χ1v) is 8.01. The van der Waals surface area contributed by atoms with E-state index in [1.165, 1.54) is 15.6 Å². The average Bonchev–Trinajstić information content (AvgIpc) is 2.73. The summed E-state index contributed by atoms with van der Waals surface area (Å²) < 4.78 is 13.4. The third-order valence-electron chi connectivity index (χ3n) is 2.88. The maximum atomic E-state index is 12.1. The number of benzene rings is 1. The first-order valence-electron chi connectivity index (χ1n) is 5.74. The predicted molar refractivity (Wildman–Crippen MR) is 76.8 cm³/mol. The average molecular weight is 267 g/mol. The van der Waals surface area contributed by atoms with Crippen molar-refractivity contribution in [3.8, 4) is 0 Å². The zero-order valence-corrected chi connectivity index (χ0v) is 11.5. The van der Waals surface area contributed by atoms with Gasteiger partial charge in [0.1, 0.15) is 0 Å². The number of rotatable bonds is 5. The minimum Gasteiger partial charge on any atom is -0.330 e. The summed E-state index contributed by atoms with van der Waals surface area (Å²) in [6, 6.07) is 8.28. The largest absolute Gasteiger partial charge is 0.330 e. The molecule has 0 aliphatic rings. The van der Waals surface area contributed by atoms with Crippen LogP contribution in [0.1, 0.15) is 18.9 Å². The Labute approximate surface area is 108 Å². The van der Waals surface area contributed by atoms with Gasteiger partial charge in [-0.25, -0.2) is 0 Å². The van der Waals surface area contributed by atoms with Gasteiger partial charge in [-0.05, 0) is 35.4 Å². The molecule has 0 fully saturated rings. The molecule has 2 aromatic rings. The van der Waals surface area contributed by atoms with E-state index in [2.05, 4.69) is 17.5 Å². The molecule has 1 aromatic carbocycles. The number of hydrogen-bond donors (Lipinski definition) is 1. The van der Waals surface area contributed by atoms with Crippen LogP contribution in [-0.2, 0) is 16.6 Å². The van der Waals surface area contributed by atoms with E-state index in [1.807, 2.05) is 19.1 Å². The highest BCUT2D eigenvalue weighted by Gasteiger charge is 2.13. The van der Waals surface area contributed by atoms with E-state index >= 15 is 0 Å². The zero-order chi connectivity index (χ0) is 12.3. The fourth-order valence-corrected chi connectivity index (χ4v) is 4.10. The van der Waals surface area contributed by atoms with Crippen LogP contribution in [0.2, 0.25) is 0 Å². The minimum atomic E-state index is -0.823. The van der Waals surface area contributed by atoms with E-state index in [4.69, 9.17) is 5.73 Å². The quantitative estimate of drug-likeness (QED) is 0.905. The molecule has 0 spiro atoms. The van der Waals surface area contributed by atoms with Crippen LogP contribution >= 0.6 is 11.3 Å². The van der Waals surface area contributed by atoms with E-state index in [0.717, 1.165) is 6.42 Å². The lowest BCUT2D eigenvalue weighted by molar-refractivity contribution is 0.666. The van der Waals surface area contributed by atoms with Gasteiger partial charge >= 0.3 is 0 Å². The van der Waals surface area contributed by atoms with Crippen LogP contribution in [0.15, 0.2) is 29.6 Å². The van der Waals surface area contributed by atoms with Gasteiger partial charge in [0.25, 0.3) is 0 Å². The second kappa shape index (κ2) is 5.76. The van der Waals surface area contributed by atoms with Gasteiger partial charge in [-0.3, -0.25) is 4.21 Å². The summed E-state index contributed by atoms with van der Waals surface area (Å²) in [4.78, 5) is 0. The molecule has 1 aromatic heterocycles. The number of thiophene rings is 1. The number of nitrogens with two attached hydrogens (primary N) is 1. The second-order valence-corrected chi connectivity index (χ2v) is 6.94.